The Hall–Kier alpha value is -2.13. The summed E-state index contributed by atoms with van der Waals surface area (Å²) >= 11 is 5.77. The number of hydrogen-bond acceptors (Lipinski definition) is 4. The van der Waals surface area contributed by atoms with E-state index in [1.54, 1.807) is 0 Å². The van der Waals surface area contributed by atoms with E-state index in [0.29, 0.717) is 4.68 Å². The number of nitrogens with zero attached hydrogens (tertiary/aromatic N) is 3. The number of aromatic nitrogens is 2. The summed E-state index contributed by atoms with van der Waals surface area (Å²) in [6.45, 7) is -0.956. The minimum absolute atomic E-state index is 0.0144. The third-order valence-corrected chi connectivity index (χ3v) is 3.02. The molecule has 2 rings (SSSR count). The zero-order chi connectivity index (χ0) is 15.8. The molecule has 0 unspecified atom stereocenters. The minimum atomic E-state index is -4.80. The number of nitro benzene ring substituents is 1. The fourth-order valence-electron chi connectivity index (χ4n) is 1.71. The minimum Gasteiger partial charge on any atom is -0.391 e. The Bertz CT molecular complexity index is 700. The average molecular weight is 322 g/mol. The molecule has 1 heterocycles. The molecule has 0 spiro atoms. The van der Waals surface area contributed by atoms with Crippen LogP contribution >= 0.6 is 11.6 Å². The van der Waals surface area contributed by atoms with Crippen LogP contribution < -0.4 is 0 Å². The molecule has 0 saturated heterocycles. The van der Waals surface area contributed by atoms with Crippen molar-refractivity contribution in [2.75, 3.05) is 0 Å². The van der Waals surface area contributed by atoms with Gasteiger partial charge in [0.2, 0.25) is 0 Å². The average Bonchev–Trinajstić information content (AvgIpc) is 2.75. The molecule has 1 N–H and O–H groups in total. The van der Waals surface area contributed by atoms with Gasteiger partial charge in [-0.25, -0.2) is 4.68 Å². The van der Waals surface area contributed by atoms with Crippen LogP contribution in [0.15, 0.2) is 24.3 Å². The molecule has 0 amide bonds. The normalized spacial score (nSPS) is 11.7. The predicted molar refractivity (Wildman–Crippen MR) is 66.2 cm³/mol. The molecule has 0 atom stereocenters. The quantitative estimate of drug-likeness (QED) is 0.696. The van der Waals surface area contributed by atoms with Crippen molar-refractivity contribution in [3.05, 3.63) is 50.8 Å². The lowest BCUT2D eigenvalue weighted by atomic mass is 10.2. The fourth-order valence-corrected chi connectivity index (χ4v) is 1.99. The van der Waals surface area contributed by atoms with E-state index in [9.17, 15) is 23.3 Å². The summed E-state index contributed by atoms with van der Waals surface area (Å²) < 4.78 is 39.1. The largest absolute Gasteiger partial charge is 0.435 e. The standard InChI is InChI=1S/C11H7ClF3N3O3/c12-10-8(5-19)9(11(13,14)15)16-17(10)6-2-1-3-7(4-6)18(20)21/h1-4,19H,5H2. The second-order valence-corrected chi connectivity index (χ2v) is 4.32. The SMILES string of the molecule is O=[N+]([O-])c1cccc(-n2nc(C(F)(F)F)c(CO)c2Cl)c1. The monoisotopic (exact) mass is 321 g/mol. The van der Waals surface area contributed by atoms with Crippen LogP contribution in [0.2, 0.25) is 5.15 Å². The van der Waals surface area contributed by atoms with Gasteiger partial charge in [0.15, 0.2) is 5.69 Å². The summed E-state index contributed by atoms with van der Waals surface area (Å²) in [5.74, 6) is 0. The number of nitro groups is 1. The zero-order valence-electron chi connectivity index (χ0n) is 10.1. The van der Waals surface area contributed by atoms with Gasteiger partial charge in [-0.3, -0.25) is 10.1 Å². The van der Waals surface area contributed by atoms with Gasteiger partial charge in [-0.15, -0.1) is 0 Å². The molecule has 10 heteroatoms. The van der Waals surface area contributed by atoms with Crippen molar-refractivity contribution in [1.82, 2.24) is 9.78 Å². The molecule has 6 nitrogen and oxygen atoms in total. The topological polar surface area (TPSA) is 81.2 Å². The highest BCUT2D eigenvalue weighted by atomic mass is 35.5. The van der Waals surface area contributed by atoms with Gasteiger partial charge in [0.1, 0.15) is 5.15 Å². The molecular formula is C11H7ClF3N3O3. The third-order valence-electron chi connectivity index (χ3n) is 2.63. The third kappa shape index (κ3) is 2.83. The van der Waals surface area contributed by atoms with Gasteiger partial charge in [0, 0.05) is 17.7 Å². The maximum Gasteiger partial charge on any atom is 0.435 e. The highest BCUT2D eigenvalue weighted by molar-refractivity contribution is 6.30. The fraction of sp³-hybridized carbons (Fsp3) is 0.182. The predicted octanol–water partition coefficient (Wildman–Crippen LogP) is 2.95. The van der Waals surface area contributed by atoms with E-state index < -0.39 is 34.1 Å². The number of halogens is 4. The highest BCUT2D eigenvalue weighted by Gasteiger charge is 2.39. The molecule has 0 saturated carbocycles. The number of alkyl halides is 3. The maximum absolute atomic E-state index is 12.8. The molecule has 0 fully saturated rings. The Labute approximate surface area is 120 Å². The molecule has 1 aromatic heterocycles. The van der Waals surface area contributed by atoms with Crippen LogP contribution in [-0.2, 0) is 12.8 Å². The number of non-ortho nitro benzene ring substituents is 1. The summed E-state index contributed by atoms with van der Waals surface area (Å²) in [6, 6.07) is 4.81. The number of aliphatic hydroxyl groups excluding tert-OH is 1. The van der Waals surface area contributed by atoms with E-state index in [1.165, 1.54) is 18.2 Å². The van der Waals surface area contributed by atoms with Crippen molar-refractivity contribution >= 4 is 17.3 Å². The first-order chi connectivity index (χ1) is 9.75. The highest BCUT2D eigenvalue weighted by Crippen LogP contribution is 2.35. The van der Waals surface area contributed by atoms with E-state index in [1.807, 2.05) is 0 Å². The molecule has 0 aliphatic rings. The summed E-state index contributed by atoms with van der Waals surface area (Å²) in [7, 11) is 0. The van der Waals surface area contributed by atoms with Crippen molar-refractivity contribution in [2.24, 2.45) is 0 Å². The first-order valence-corrected chi connectivity index (χ1v) is 5.83. The Morgan fingerprint density at radius 2 is 2.10 bits per heavy atom. The van der Waals surface area contributed by atoms with Crippen molar-refractivity contribution in [2.45, 2.75) is 12.8 Å². The Morgan fingerprint density at radius 1 is 1.43 bits per heavy atom. The zero-order valence-corrected chi connectivity index (χ0v) is 10.9. The Kier molecular flexibility index (Phi) is 3.88. The second kappa shape index (κ2) is 5.34. The number of rotatable bonds is 3. The van der Waals surface area contributed by atoms with Crippen LogP contribution in [0.25, 0.3) is 5.69 Å². The van der Waals surface area contributed by atoms with Gasteiger partial charge in [0.05, 0.1) is 17.2 Å². The van der Waals surface area contributed by atoms with Gasteiger partial charge in [-0.1, -0.05) is 17.7 Å². The van der Waals surface area contributed by atoms with Gasteiger partial charge >= 0.3 is 6.18 Å². The summed E-state index contributed by atoms with van der Waals surface area (Å²) in [5.41, 5.74) is -2.25. The number of hydrogen-bond donors (Lipinski definition) is 1. The molecule has 0 bridgehead atoms. The van der Waals surface area contributed by atoms with Crippen LogP contribution in [0, 0.1) is 10.1 Å². The molecule has 112 valence electrons. The molecular weight excluding hydrogens is 315 g/mol. The number of aliphatic hydroxyl groups is 1. The van der Waals surface area contributed by atoms with E-state index in [0.717, 1.165) is 6.07 Å². The lowest BCUT2D eigenvalue weighted by Crippen LogP contribution is -2.09. The summed E-state index contributed by atoms with van der Waals surface area (Å²) in [4.78, 5) is 9.98. The van der Waals surface area contributed by atoms with Crippen molar-refractivity contribution in [1.29, 1.82) is 0 Å². The van der Waals surface area contributed by atoms with Gasteiger partial charge in [-0.05, 0) is 6.07 Å². The van der Waals surface area contributed by atoms with Crippen LogP contribution in [0.5, 0.6) is 0 Å². The summed E-state index contributed by atoms with van der Waals surface area (Å²) in [6.07, 6.45) is -4.80. The summed E-state index contributed by atoms with van der Waals surface area (Å²) in [5, 5.41) is 22.5. The molecule has 1 aromatic carbocycles. The lowest BCUT2D eigenvalue weighted by Gasteiger charge is -2.03. The number of benzene rings is 1. The molecule has 0 aliphatic heterocycles. The Morgan fingerprint density at radius 3 is 2.57 bits per heavy atom. The van der Waals surface area contributed by atoms with Crippen molar-refractivity contribution < 1.29 is 23.2 Å². The van der Waals surface area contributed by atoms with Crippen LogP contribution in [0.4, 0.5) is 18.9 Å². The molecule has 0 radical (unpaired) electrons. The maximum atomic E-state index is 12.8. The molecule has 0 aliphatic carbocycles. The first kappa shape index (κ1) is 15.3. The molecule has 21 heavy (non-hydrogen) atoms. The van der Waals surface area contributed by atoms with Crippen molar-refractivity contribution in [3.8, 4) is 5.69 Å². The van der Waals surface area contributed by atoms with Crippen LogP contribution in [0.3, 0.4) is 0 Å². The Balaban J connectivity index is 2.62. The lowest BCUT2D eigenvalue weighted by molar-refractivity contribution is -0.384. The van der Waals surface area contributed by atoms with Crippen LogP contribution in [0.1, 0.15) is 11.3 Å². The first-order valence-electron chi connectivity index (χ1n) is 5.46. The van der Waals surface area contributed by atoms with Crippen LogP contribution in [-0.4, -0.2) is 19.8 Å². The van der Waals surface area contributed by atoms with Gasteiger partial charge in [0.25, 0.3) is 5.69 Å². The van der Waals surface area contributed by atoms with E-state index in [4.69, 9.17) is 16.7 Å². The van der Waals surface area contributed by atoms with E-state index in [-0.39, 0.29) is 11.4 Å². The second-order valence-electron chi connectivity index (χ2n) is 3.96. The molecule has 2 aromatic rings. The van der Waals surface area contributed by atoms with E-state index >= 15 is 0 Å². The van der Waals surface area contributed by atoms with Gasteiger partial charge < -0.3 is 5.11 Å². The smallest absolute Gasteiger partial charge is 0.391 e. The van der Waals surface area contributed by atoms with Gasteiger partial charge in [-0.2, -0.15) is 18.3 Å². The van der Waals surface area contributed by atoms with Crippen molar-refractivity contribution in [3.63, 3.8) is 0 Å². The van der Waals surface area contributed by atoms with E-state index in [2.05, 4.69) is 5.10 Å².